The van der Waals surface area contributed by atoms with Crippen molar-refractivity contribution >= 4 is 29.9 Å². The van der Waals surface area contributed by atoms with Gasteiger partial charge in [0.2, 0.25) is 0 Å². The molecular weight excluding hydrogens is 399 g/mol. The average molecular weight is 436 g/mol. The Bertz CT molecular complexity index is 351. The van der Waals surface area contributed by atoms with Gasteiger partial charge in [-0.2, -0.15) is 0 Å². The molecule has 23 heavy (non-hydrogen) atoms. The third kappa shape index (κ3) is 6.77. The highest BCUT2D eigenvalue weighted by Crippen LogP contribution is 2.29. The Hall–Kier alpha value is -0.0400. The first-order valence-corrected chi connectivity index (χ1v) is 9.31. The molecule has 2 aliphatic rings. The summed E-state index contributed by atoms with van der Waals surface area (Å²) in [6, 6.07) is 0.608. The summed E-state index contributed by atoms with van der Waals surface area (Å²) in [5.41, 5.74) is 0. The van der Waals surface area contributed by atoms with Crippen LogP contribution in [-0.4, -0.2) is 50.1 Å². The van der Waals surface area contributed by atoms with Crippen molar-refractivity contribution in [1.29, 1.82) is 0 Å². The zero-order valence-electron chi connectivity index (χ0n) is 15.5. The Kier molecular flexibility index (Phi) is 9.82. The molecule has 2 N–H and O–H groups in total. The molecular formula is C18H37IN4. The zero-order valence-corrected chi connectivity index (χ0v) is 17.8. The molecule has 5 heteroatoms. The third-order valence-electron chi connectivity index (χ3n) is 5.65. The number of likely N-dealkylation sites (tertiary alicyclic amines) is 1. The third-order valence-corrected chi connectivity index (χ3v) is 5.65. The second-order valence-electron chi connectivity index (χ2n) is 7.50. The fraction of sp³-hybridized carbons (Fsp3) is 0.944. The molecule has 0 spiro atoms. The van der Waals surface area contributed by atoms with E-state index in [2.05, 4.69) is 41.3 Å². The maximum atomic E-state index is 4.42. The van der Waals surface area contributed by atoms with Gasteiger partial charge in [0, 0.05) is 26.2 Å². The second-order valence-corrected chi connectivity index (χ2v) is 7.50. The summed E-state index contributed by atoms with van der Waals surface area (Å²) in [5.74, 6) is 3.53. The molecule has 1 saturated heterocycles. The molecule has 2 rings (SSSR count). The lowest BCUT2D eigenvalue weighted by molar-refractivity contribution is 0.250. The minimum Gasteiger partial charge on any atom is -0.356 e. The quantitative estimate of drug-likeness (QED) is 0.395. The number of nitrogens with one attached hydrogen (secondary N) is 2. The number of rotatable bonds is 5. The van der Waals surface area contributed by atoms with Crippen LogP contribution in [0.25, 0.3) is 0 Å². The van der Waals surface area contributed by atoms with Crippen LogP contribution in [0.3, 0.4) is 0 Å². The van der Waals surface area contributed by atoms with Crippen molar-refractivity contribution in [1.82, 2.24) is 15.5 Å². The lowest BCUT2D eigenvalue weighted by Gasteiger charge is -2.32. The fourth-order valence-electron chi connectivity index (χ4n) is 3.93. The minimum absolute atomic E-state index is 0. The number of hydrogen-bond acceptors (Lipinski definition) is 2. The normalized spacial score (nSPS) is 29.4. The molecule has 0 aromatic heterocycles. The SMILES string of the molecule is CCN1CCC(CNC(=NC)NC2CCC(C(C)C)CC2)C1.I. The van der Waals surface area contributed by atoms with Crippen molar-refractivity contribution < 1.29 is 0 Å². The van der Waals surface area contributed by atoms with Gasteiger partial charge in [0.1, 0.15) is 0 Å². The van der Waals surface area contributed by atoms with Crippen LogP contribution in [0.5, 0.6) is 0 Å². The topological polar surface area (TPSA) is 39.7 Å². The highest BCUT2D eigenvalue weighted by atomic mass is 127. The molecule has 0 amide bonds. The van der Waals surface area contributed by atoms with Gasteiger partial charge in [-0.3, -0.25) is 4.99 Å². The van der Waals surface area contributed by atoms with E-state index in [-0.39, 0.29) is 24.0 Å². The van der Waals surface area contributed by atoms with Crippen molar-refractivity contribution in [2.45, 2.75) is 58.9 Å². The highest BCUT2D eigenvalue weighted by Gasteiger charge is 2.24. The van der Waals surface area contributed by atoms with Crippen LogP contribution in [0.4, 0.5) is 0 Å². The second kappa shape index (κ2) is 10.7. The Morgan fingerprint density at radius 2 is 1.87 bits per heavy atom. The van der Waals surface area contributed by atoms with Crippen LogP contribution in [0.2, 0.25) is 0 Å². The van der Waals surface area contributed by atoms with Gasteiger partial charge in [0.15, 0.2) is 5.96 Å². The van der Waals surface area contributed by atoms with Gasteiger partial charge in [0.25, 0.3) is 0 Å². The van der Waals surface area contributed by atoms with Crippen molar-refractivity contribution in [3.05, 3.63) is 0 Å². The van der Waals surface area contributed by atoms with Crippen molar-refractivity contribution in [3.63, 3.8) is 0 Å². The van der Waals surface area contributed by atoms with Gasteiger partial charge in [-0.15, -0.1) is 24.0 Å². The number of nitrogens with zero attached hydrogens (tertiary/aromatic N) is 2. The summed E-state index contributed by atoms with van der Waals surface area (Å²) in [5, 5.41) is 7.19. The maximum absolute atomic E-state index is 4.42. The number of guanidine groups is 1. The van der Waals surface area contributed by atoms with Gasteiger partial charge < -0.3 is 15.5 Å². The standard InChI is InChI=1S/C18H36N4.HI/c1-5-22-11-10-15(13-22)12-20-18(19-4)21-17-8-6-16(7-9-17)14(2)3;/h14-17H,5-13H2,1-4H3,(H2,19,20,21);1H. The summed E-state index contributed by atoms with van der Waals surface area (Å²) in [7, 11) is 1.89. The summed E-state index contributed by atoms with van der Waals surface area (Å²) in [6.45, 7) is 11.7. The predicted octanol–water partition coefficient (Wildman–Crippen LogP) is 3.33. The monoisotopic (exact) mass is 436 g/mol. The van der Waals surface area contributed by atoms with E-state index in [0.29, 0.717) is 6.04 Å². The Labute approximate surface area is 160 Å². The number of hydrogen-bond donors (Lipinski definition) is 2. The molecule has 0 aromatic carbocycles. The number of halogens is 1. The smallest absolute Gasteiger partial charge is 0.191 e. The molecule has 1 heterocycles. The minimum atomic E-state index is 0. The molecule has 4 nitrogen and oxygen atoms in total. The molecule has 1 aliphatic carbocycles. The van der Waals surface area contributed by atoms with Gasteiger partial charge in [-0.05, 0) is 62.9 Å². The van der Waals surface area contributed by atoms with E-state index in [4.69, 9.17) is 0 Å². The van der Waals surface area contributed by atoms with E-state index < -0.39 is 0 Å². The first-order valence-electron chi connectivity index (χ1n) is 9.31. The lowest BCUT2D eigenvalue weighted by Crippen LogP contribution is -2.46. The van der Waals surface area contributed by atoms with E-state index in [1.54, 1.807) is 0 Å². The van der Waals surface area contributed by atoms with Crippen LogP contribution >= 0.6 is 24.0 Å². The van der Waals surface area contributed by atoms with E-state index in [1.165, 1.54) is 51.7 Å². The summed E-state index contributed by atoms with van der Waals surface area (Å²) in [6.07, 6.45) is 6.62. The lowest BCUT2D eigenvalue weighted by atomic mass is 9.80. The summed E-state index contributed by atoms with van der Waals surface area (Å²) >= 11 is 0. The summed E-state index contributed by atoms with van der Waals surface area (Å²) in [4.78, 5) is 6.95. The molecule has 0 bridgehead atoms. The first kappa shape index (κ1) is 21.0. The largest absolute Gasteiger partial charge is 0.356 e. The van der Waals surface area contributed by atoms with Gasteiger partial charge in [0.05, 0.1) is 0 Å². The number of aliphatic imine (C=N–C) groups is 1. The molecule has 1 unspecified atom stereocenters. The molecule has 1 saturated carbocycles. The maximum Gasteiger partial charge on any atom is 0.191 e. The average Bonchev–Trinajstić information content (AvgIpc) is 3.00. The van der Waals surface area contributed by atoms with Crippen LogP contribution in [-0.2, 0) is 0 Å². The van der Waals surface area contributed by atoms with E-state index in [0.717, 1.165) is 30.3 Å². The van der Waals surface area contributed by atoms with Gasteiger partial charge in [-0.1, -0.05) is 20.8 Å². The molecule has 1 aliphatic heterocycles. The van der Waals surface area contributed by atoms with Crippen LogP contribution in [0.1, 0.15) is 52.9 Å². The Balaban J connectivity index is 0.00000264. The molecule has 2 fully saturated rings. The van der Waals surface area contributed by atoms with Crippen molar-refractivity contribution in [3.8, 4) is 0 Å². The van der Waals surface area contributed by atoms with E-state index in [1.807, 2.05) is 7.05 Å². The van der Waals surface area contributed by atoms with Crippen LogP contribution in [0, 0.1) is 17.8 Å². The molecule has 0 radical (unpaired) electrons. The van der Waals surface area contributed by atoms with Crippen molar-refractivity contribution in [2.75, 3.05) is 33.2 Å². The summed E-state index contributed by atoms with van der Waals surface area (Å²) < 4.78 is 0. The van der Waals surface area contributed by atoms with E-state index >= 15 is 0 Å². The fourth-order valence-corrected chi connectivity index (χ4v) is 3.93. The Morgan fingerprint density at radius 3 is 2.39 bits per heavy atom. The highest BCUT2D eigenvalue weighted by molar-refractivity contribution is 14.0. The molecule has 1 atom stereocenters. The molecule has 136 valence electrons. The van der Waals surface area contributed by atoms with Crippen LogP contribution < -0.4 is 10.6 Å². The van der Waals surface area contributed by atoms with Crippen LogP contribution in [0.15, 0.2) is 4.99 Å². The van der Waals surface area contributed by atoms with Gasteiger partial charge >= 0.3 is 0 Å². The predicted molar refractivity (Wildman–Crippen MR) is 111 cm³/mol. The van der Waals surface area contributed by atoms with Crippen molar-refractivity contribution in [2.24, 2.45) is 22.7 Å². The van der Waals surface area contributed by atoms with E-state index in [9.17, 15) is 0 Å². The zero-order chi connectivity index (χ0) is 15.9. The Morgan fingerprint density at radius 1 is 1.17 bits per heavy atom. The first-order chi connectivity index (χ1) is 10.6. The van der Waals surface area contributed by atoms with Gasteiger partial charge in [-0.25, -0.2) is 0 Å². The molecule has 0 aromatic rings.